The molecule has 1 saturated heterocycles. The monoisotopic (exact) mass is 434 g/mol. The molecular weight excluding hydrogens is 412 g/mol. The quantitative estimate of drug-likeness (QED) is 0.314. The first-order valence-corrected chi connectivity index (χ1v) is 10.9. The van der Waals surface area contributed by atoms with Gasteiger partial charge < -0.3 is 4.57 Å². The molecule has 0 bridgehead atoms. The van der Waals surface area contributed by atoms with Crippen LogP contribution in [0, 0.1) is 10.1 Å². The van der Waals surface area contributed by atoms with Gasteiger partial charge >= 0.3 is 0 Å². The molecule has 0 radical (unpaired) electrons. The molecule has 1 aromatic heterocycles. The van der Waals surface area contributed by atoms with E-state index in [0.717, 1.165) is 27.2 Å². The number of nitro groups is 1. The van der Waals surface area contributed by atoms with E-state index in [9.17, 15) is 14.9 Å². The summed E-state index contributed by atoms with van der Waals surface area (Å²) < 4.78 is 2.06. The summed E-state index contributed by atoms with van der Waals surface area (Å²) in [6.07, 6.45) is 3.91. The van der Waals surface area contributed by atoms with Gasteiger partial charge in [-0.25, -0.2) is 0 Å². The second kappa shape index (κ2) is 8.77. The molecule has 7 nitrogen and oxygen atoms in total. The van der Waals surface area contributed by atoms with Crippen molar-refractivity contribution in [2.75, 3.05) is 13.1 Å². The summed E-state index contributed by atoms with van der Waals surface area (Å²) >= 11 is 1.40. The average Bonchev–Trinajstić information content (AvgIpc) is 3.26. The molecule has 0 atom stereocenters. The number of fused-ring (bicyclic) bond motifs is 1. The fourth-order valence-electron chi connectivity index (χ4n) is 3.67. The highest BCUT2D eigenvalue weighted by Gasteiger charge is 2.32. The van der Waals surface area contributed by atoms with Crippen LogP contribution in [0.5, 0.6) is 0 Å². The lowest BCUT2D eigenvalue weighted by Crippen LogP contribution is -2.28. The first-order chi connectivity index (χ1) is 15.0. The molecular formula is C23H22N4O3S. The zero-order chi connectivity index (χ0) is 22.0. The molecule has 0 N–H and O–H groups in total. The van der Waals surface area contributed by atoms with E-state index in [4.69, 9.17) is 0 Å². The zero-order valence-corrected chi connectivity index (χ0v) is 18.1. The number of amidine groups is 1. The highest BCUT2D eigenvalue weighted by Crippen LogP contribution is 2.34. The maximum atomic E-state index is 12.8. The molecule has 1 aliphatic rings. The lowest BCUT2D eigenvalue weighted by atomic mass is 10.1. The first kappa shape index (κ1) is 20.9. The molecule has 8 heteroatoms. The van der Waals surface area contributed by atoms with E-state index in [1.165, 1.54) is 17.8 Å². The number of benzene rings is 2. The average molecular weight is 435 g/mol. The number of amides is 1. The van der Waals surface area contributed by atoms with E-state index in [1.807, 2.05) is 56.5 Å². The van der Waals surface area contributed by atoms with E-state index in [1.54, 1.807) is 17.0 Å². The standard InChI is InChI=1S/C23H22N4O3S/c1-3-24-23-26(4-2)22(28)21(31-23)13-17-15-25(20-11-6-5-10-19(17)20)14-16-8-7-9-18(12-16)27(29)30/h5-13,15H,3-4,14H2,1-2H3/b21-13+,24-23?. The van der Waals surface area contributed by atoms with Crippen LogP contribution in [0.2, 0.25) is 0 Å². The van der Waals surface area contributed by atoms with Gasteiger partial charge in [0.15, 0.2) is 5.17 Å². The molecule has 0 unspecified atom stereocenters. The molecule has 0 spiro atoms. The van der Waals surface area contributed by atoms with Crippen molar-refractivity contribution in [1.82, 2.24) is 9.47 Å². The van der Waals surface area contributed by atoms with Gasteiger partial charge in [-0.15, -0.1) is 0 Å². The summed E-state index contributed by atoms with van der Waals surface area (Å²) in [5.74, 6) is -0.0322. The van der Waals surface area contributed by atoms with Gasteiger partial charge in [0.05, 0.1) is 9.83 Å². The van der Waals surface area contributed by atoms with Gasteiger partial charge in [-0.05, 0) is 43.3 Å². The number of aromatic nitrogens is 1. The van der Waals surface area contributed by atoms with Crippen LogP contribution in [0.4, 0.5) is 5.69 Å². The SMILES string of the molecule is CCN=C1S/C(=C/c2cn(Cc3cccc([N+](=O)[O-])c3)c3ccccc23)C(=O)N1CC. The minimum Gasteiger partial charge on any atom is -0.342 e. The number of likely N-dealkylation sites (N-methyl/N-ethyl adjacent to an activating group) is 1. The van der Waals surface area contributed by atoms with Crippen LogP contribution in [0.15, 0.2) is 64.6 Å². The van der Waals surface area contributed by atoms with E-state index in [2.05, 4.69) is 9.56 Å². The molecule has 1 fully saturated rings. The van der Waals surface area contributed by atoms with Gasteiger partial charge in [-0.3, -0.25) is 24.8 Å². The number of nitrogens with zero attached hydrogens (tertiary/aromatic N) is 4. The molecule has 4 rings (SSSR count). The fourth-order valence-corrected chi connectivity index (χ4v) is 4.76. The Morgan fingerprint density at radius 2 is 1.97 bits per heavy atom. The summed E-state index contributed by atoms with van der Waals surface area (Å²) in [5.41, 5.74) is 2.86. The summed E-state index contributed by atoms with van der Waals surface area (Å²) in [7, 11) is 0. The second-order valence-electron chi connectivity index (χ2n) is 7.07. The maximum Gasteiger partial charge on any atom is 0.269 e. The van der Waals surface area contributed by atoms with Gasteiger partial charge in [0.1, 0.15) is 0 Å². The number of rotatable bonds is 6. The number of para-hydroxylation sites is 1. The van der Waals surface area contributed by atoms with Crippen molar-refractivity contribution in [1.29, 1.82) is 0 Å². The lowest BCUT2D eigenvalue weighted by Gasteiger charge is -2.11. The van der Waals surface area contributed by atoms with Crippen LogP contribution in [-0.4, -0.2) is 38.6 Å². The third kappa shape index (κ3) is 4.11. The van der Waals surface area contributed by atoms with E-state index in [0.29, 0.717) is 24.5 Å². The van der Waals surface area contributed by atoms with Crippen LogP contribution in [0.25, 0.3) is 17.0 Å². The number of non-ortho nitro benzene ring substituents is 1. The highest BCUT2D eigenvalue weighted by atomic mass is 32.2. The maximum absolute atomic E-state index is 12.8. The smallest absolute Gasteiger partial charge is 0.269 e. The van der Waals surface area contributed by atoms with Gasteiger partial charge in [0.2, 0.25) is 0 Å². The number of hydrogen-bond donors (Lipinski definition) is 0. The van der Waals surface area contributed by atoms with Crippen molar-refractivity contribution in [3.05, 3.63) is 80.9 Å². The Balaban J connectivity index is 1.73. The van der Waals surface area contributed by atoms with Crippen molar-refractivity contribution in [3.8, 4) is 0 Å². The molecule has 0 saturated carbocycles. The Morgan fingerprint density at radius 3 is 2.71 bits per heavy atom. The van der Waals surface area contributed by atoms with Gasteiger partial charge in [0.25, 0.3) is 11.6 Å². The Morgan fingerprint density at radius 1 is 1.16 bits per heavy atom. The number of carbonyl (C=O) groups excluding carboxylic acids is 1. The number of nitro benzene ring substituents is 1. The van der Waals surface area contributed by atoms with Crippen molar-refractivity contribution in [3.63, 3.8) is 0 Å². The zero-order valence-electron chi connectivity index (χ0n) is 17.3. The molecule has 31 heavy (non-hydrogen) atoms. The topological polar surface area (TPSA) is 80.7 Å². The van der Waals surface area contributed by atoms with E-state index >= 15 is 0 Å². The Kier molecular flexibility index (Phi) is 5.90. The summed E-state index contributed by atoms with van der Waals surface area (Å²) in [4.78, 5) is 30.4. The van der Waals surface area contributed by atoms with Gasteiger partial charge in [-0.2, -0.15) is 0 Å². The van der Waals surface area contributed by atoms with Gasteiger partial charge in [0, 0.05) is 54.4 Å². The van der Waals surface area contributed by atoms with Gasteiger partial charge in [-0.1, -0.05) is 30.3 Å². The summed E-state index contributed by atoms with van der Waals surface area (Å²) in [5, 5.41) is 12.9. The normalized spacial score (nSPS) is 16.7. The summed E-state index contributed by atoms with van der Waals surface area (Å²) in [6.45, 7) is 5.60. The lowest BCUT2D eigenvalue weighted by molar-refractivity contribution is -0.384. The van der Waals surface area contributed by atoms with Crippen molar-refractivity contribution in [2.24, 2.45) is 4.99 Å². The predicted molar refractivity (Wildman–Crippen MR) is 125 cm³/mol. The van der Waals surface area contributed by atoms with Crippen LogP contribution in [-0.2, 0) is 11.3 Å². The molecule has 3 aromatic rings. The van der Waals surface area contributed by atoms with E-state index < -0.39 is 0 Å². The highest BCUT2D eigenvalue weighted by molar-refractivity contribution is 8.18. The molecule has 2 aromatic carbocycles. The summed E-state index contributed by atoms with van der Waals surface area (Å²) in [6, 6.07) is 14.6. The largest absolute Gasteiger partial charge is 0.342 e. The Hall–Kier alpha value is -3.39. The van der Waals surface area contributed by atoms with Crippen LogP contribution < -0.4 is 0 Å². The fraction of sp³-hybridized carbons (Fsp3) is 0.217. The minimum atomic E-state index is -0.384. The number of hydrogen-bond acceptors (Lipinski definition) is 5. The van der Waals surface area contributed by atoms with Crippen LogP contribution in [0.1, 0.15) is 25.0 Å². The number of aliphatic imine (C=N–C) groups is 1. The number of carbonyl (C=O) groups is 1. The molecule has 1 amide bonds. The van der Waals surface area contributed by atoms with Crippen LogP contribution >= 0.6 is 11.8 Å². The van der Waals surface area contributed by atoms with Crippen molar-refractivity contribution < 1.29 is 9.72 Å². The first-order valence-electron chi connectivity index (χ1n) is 10.1. The Bertz CT molecular complexity index is 1230. The minimum absolute atomic E-state index is 0.0322. The third-order valence-corrected chi connectivity index (χ3v) is 6.12. The second-order valence-corrected chi connectivity index (χ2v) is 8.08. The molecule has 0 aliphatic carbocycles. The predicted octanol–water partition coefficient (Wildman–Crippen LogP) is 4.91. The third-order valence-electron chi connectivity index (χ3n) is 5.08. The van der Waals surface area contributed by atoms with E-state index in [-0.39, 0.29) is 16.5 Å². The number of thioether (sulfide) groups is 1. The van der Waals surface area contributed by atoms with Crippen molar-refractivity contribution >= 4 is 45.5 Å². The Labute approximate surface area is 184 Å². The molecule has 1 aliphatic heterocycles. The molecule has 2 heterocycles. The van der Waals surface area contributed by atoms with Crippen LogP contribution in [0.3, 0.4) is 0 Å². The molecule has 158 valence electrons. The van der Waals surface area contributed by atoms with Crippen molar-refractivity contribution in [2.45, 2.75) is 20.4 Å².